The van der Waals surface area contributed by atoms with Crippen LogP contribution in [-0.4, -0.2) is 11.2 Å². The van der Waals surface area contributed by atoms with Gasteiger partial charge in [0.1, 0.15) is 17.5 Å². The van der Waals surface area contributed by atoms with E-state index in [1.807, 2.05) is 19.1 Å². The number of halogens is 4. The molecule has 0 saturated heterocycles. The van der Waals surface area contributed by atoms with Gasteiger partial charge in [-0.1, -0.05) is 40.1 Å². The van der Waals surface area contributed by atoms with Crippen LogP contribution in [0, 0.1) is 0 Å². The molecule has 0 radical (unpaired) electrons. The number of rotatable bonds is 5. The Kier molecular flexibility index (Phi) is 6.50. The fourth-order valence-corrected chi connectivity index (χ4v) is 3.08. The van der Waals surface area contributed by atoms with E-state index in [-0.39, 0.29) is 5.56 Å². The third-order valence-electron chi connectivity index (χ3n) is 4.40. The minimum atomic E-state index is -4.48. The number of nitrogens with one attached hydrogen (secondary N) is 1. The molecule has 30 heavy (non-hydrogen) atoms. The number of hydrogen-bond donors (Lipinski definition) is 1. The molecule has 9 heteroatoms. The molecule has 0 saturated carbocycles. The lowest BCUT2D eigenvalue weighted by molar-refractivity contribution is -0.137. The van der Waals surface area contributed by atoms with Crippen molar-refractivity contribution in [2.45, 2.75) is 32.5 Å². The molecule has 0 aliphatic rings. The highest BCUT2D eigenvalue weighted by atomic mass is 79.9. The van der Waals surface area contributed by atoms with Crippen LogP contribution >= 0.6 is 15.9 Å². The Bertz CT molecular complexity index is 1030. The molecule has 3 rings (SSSR count). The van der Waals surface area contributed by atoms with E-state index < -0.39 is 23.9 Å². The number of alkyl halides is 3. The summed E-state index contributed by atoms with van der Waals surface area (Å²) in [7, 11) is 0. The number of aryl methyl sites for hydroxylation is 1. The van der Waals surface area contributed by atoms with Crippen LogP contribution in [0.25, 0.3) is 11.3 Å². The highest BCUT2D eigenvalue weighted by Crippen LogP contribution is 2.34. The SMILES string of the molecule is CCc1noc(-c2ccc(Br)cc2)c1NC(=O)OC(C)c1cccc(C(F)(F)F)c1. The van der Waals surface area contributed by atoms with E-state index in [4.69, 9.17) is 9.26 Å². The van der Waals surface area contributed by atoms with E-state index in [0.717, 1.165) is 16.6 Å². The lowest BCUT2D eigenvalue weighted by Gasteiger charge is -2.16. The molecular weight excluding hydrogens is 465 g/mol. The maximum absolute atomic E-state index is 12.9. The molecule has 3 aromatic rings. The van der Waals surface area contributed by atoms with E-state index in [0.29, 0.717) is 29.1 Å². The molecule has 1 heterocycles. The third kappa shape index (κ3) is 5.02. The van der Waals surface area contributed by atoms with Gasteiger partial charge >= 0.3 is 12.3 Å². The van der Waals surface area contributed by atoms with Crippen molar-refractivity contribution in [1.29, 1.82) is 0 Å². The van der Waals surface area contributed by atoms with Crippen LogP contribution in [0.4, 0.5) is 23.7 Å². The first kappa shape index (κ1) is 21.9. The van der Waals surface area contributed by atoms with Gasteiger partial charge in [0, 0.05) is 10.0 Å². The van der Waals surface area contributed by atoms with Crippen molar-refractivity contribution in [2.75, 3.05) is 5.32 Å². The van der Waals surface area contributed by atoms with Crippen molar-refractivity contribution >= 4 is 27.7 Å². The number of nitrogens with zero attached hydrogens (tertiary/aromatic N) is 1. The predicted molar refractivity (Wildman–Crippen MR) is 109 cm³/mol. The summed E-state index contributed by atoms with van der Waals surface area (Å²) in [5, 5.41) is 6.60. The van der Waals surface area contributed by atoms with Gasteiger partial charge in [-0.25, -0.2) is 4.79 Å². The monoisotopic (exact) mass is 482 g/mol. The largest absolute Gasteiger partial charge is 0.441 e. The second-order valence-electron chi connectivity index (χ2n) is 6.49. The van der Waals surface area contributed by atoms with Crippen molar-refractivity contribution in [3.05, 3.63) is 69.8 Å². The van der Waals surface area contributed by atoms with Gasteiger partial charge in [0.2, 0.25) is 0 Å². The summed E-state index contributed by atoms with van der Waals surface area (Å²) in [6, 6.07) is 11.9. The van der Waals surface area contributed by atoms with E-state index >= 15 is 0 Å². The van der Waals surface area contributed by atoms with Gasteiger partial charge in [-0.15, -0.1) is 0 Å². The van der Waals surface area contributed by atoms with Crippen molar-refractivity contribution < 1.29 is 27.2 Å². The number of amides is 1. The molecule has 158 valence electrons. The van der Waals surface area contributed by atoms with E-state index in [2.05, 4.69) is 26.4 Å². The van der Waals surface area contributed by atoms with Gasteiger partial charge in [0.05, 0.1) is 5.56 Å². The van der Waals surface area contributed by atoms with Crippen LogP contribution in [0.3, 0.4) is 0 Å². The van der Waals surface area contributed by atoms with Gasteiger partial charge in [0.15, 0.2) is 5.76 Å². The Morgan fingerprint density at radius 3 is 2.57 bits per heavy atom. The molecule has 1 N–H and O–H groups in total. The Morgan fingerprint density at radius 2 is 1.93 bits per heavy atom. The first-order valence-corrected chi connectivity index (χ1v) is 9.87. The number of aromatic nitrogens is 1. The lowest BCUT2D eigenvalue weighted by Crippen LogP contribution is -2.17. The zero-order chi connectivity index (χ0) is 21.9. The highest BCUT2D eigenvalue weighted by molar-refractivity contribution is 9.10. The Labute approximate surface area is 179 Å². The standard InChI is InChI=1S/C21H18BrF3N2O3/c1-3-17-18(19(30-27-17)13-7-9-16(22)10-8-13)26-20(28)29-12(2)14-5-4-6-15(11-14)21(23,24)25/h4-12H,3H2,1-2H3,(H,26,28). The number of carbonyl (C=O) groups excluding carboxylic acids is 1. The minimum absolute atomic E-state index is 0.231. The molecule has 1 aromatic heterocycles. The van der Waals surface area contributed by atoms with Crippen molar-refractivity contribution in [3.63, 3.8) is 0 Å². The second-order valence-corrected chi connectivity index (χ2v) is 7.41. The minimum Gasteiger partial charge on any atom is -0.441 e. The Hall–Kier alpha value is -2.81. The van der Waals surface area contributed by atoms with Crippen LogP contribution < -0.4 is 5.32 Å². The molecule has 0 spiro atoms. The van der Waals surface area contributed by atoms with Crippen molar-refractivity contribution in [2.24, 2.45) is 0 Å². The average molecular weight is 483 g/mol. The molecule has 0 fully saturated rings. The van der Waals surface area contributed by atoms with Gasteiger partial charge in [-0.3, -0.25) is 5.32 Å². The molecule has 5 nitrogen and oxygen atoms in total. The molecule has 1 amide bonds. The topological polar surface area (TPSA) is 64.4 Å². The predicted octanol–water partition coefficient (Wildman–Crippen LogP) is 7.00. The Morgan fingerprint density at radius 1 is 1.23 bits per heavy atom. The smallest absolute Gasteiger partial charge is 0.416 e. The van der Waals surface area contributed by atoms with Crippen LogP contribution in [0.15, 0.2) is 57.5 Å². The molecule has 2 aromatic carbocycles. The normalized spacial score (nSPS) is 12.5. The molecular formula is C21H18BrF3N2O3. The quantitative estimate of drug-likeness (QED) is 0.425. The number of hydrogen-bond acceptors (Lipinski definition) is 4. The van der Waals surface area contributed by atoms with Gasteiger partial charge < -0.3 is 9.26 Å². The fourth-order valence-electron chi connectivity index (χ4n) is 2.82. The first-order valence-electron chi connectivity index (χ1n) is 9.08. The number of anilines is 1. The number of benzene rings is 2. The summed E-state index contributed by atoms with van der Waals surface area (Å²) in [5.41, 5.74) is 1.01. The van der Waals surface area contributed by atoms with Gasteiger partial charge in [-0.2, -0.15) is 13.2 Å². The Balaban J connectivity index is 1.78. The van der Waals surface area contributed by atoms with Gasteiger partial charge in [-0.05, 0) is 55.3 Å². The first-order chi connectivity index (χ1) is 14.2. The van der Waals surface area contributed by atoms with Crippen LogP contribution in [0.1, 0.15) is 36.8 Å². The zero-order valence-electron chi connectivity index (χ0n) is 16.1. The third-order valence-corrected chi connectivity index (χ3v) is 4.93. The summed E-state index contributed by atoms with van der Waals surface area (Å²) in [4.78, 5) is 12.4. The molecule has 0 bridgehead atoms. The maximum atomic E-state index is 12.9. The zero-order valence-corrected chi connectivity index (χ0v) is 17.7. The summed E-state index contributed by atoms with van der Waals surface area (Å²) in [5.74, 6) is 0.364. The fraction of sp³-hybridized carbons (Fsp3) is 0.238. The van der Waals surface area contributed by atoms with Gasteiger partial charge in [0.25, 0.3) is 0 Å². The summed E-state index contributed by atoms with van der Waals surface area (Å²) in [6.45, 7) is 3.35. The lowest BCUT2D eigenvalue weighted by atomic mass is 10.1. The van der Waals surface area contributed by atoms with Crippen molar-refractivity contribution in [3.8, 4) is 11.3 Å². The van der Waals surface area contributed by atoms with E-state index in [9.17, 15) is 18.0 Å². The van der Waals surface area contributed by atoms with Crippen molar-refractivity contribution in [1.82, 2.24) is 5.16 Å². The van der Waals surface area contributed by atoms with Crippen LogP contribution in [0.2, 0.25) is 0 Å². The number of ether oxygens (including phenoxy) is 1. The van der Waals surface area contributed by atoms with E-state index in [1.54, 1.807) is 12.1 Å². The molecule has 0 aliphatic carbocycles. The summed E-state index contributed by atoms with van der Waals surface area (Å²) < 4.78 is 50.3. The highest BCUT2D eigenvalue weighted by Gasteiger charge is 2.31. The summed E-state index contributed by atoms with van der Waals surface area (Å²) >= 11 is 3.36. The van der Waals surface area contributed by atoms with Crippen LogP contribution in [0.5, 0.6) is 0 Å². The molecule has 1 unspecified atom stereocenters. The summed E-state index contributed by atoms with van der Waals surface area (Å²) in [6.07, 6.45) is -5.70. The number of carbonyl (C=O) groups is 1. The molecule has 0 aliphatic heterocycles. The second kappa shape index (κ2) is 8.91. The maximum Gasteiger partial charge on any atom is 0.416 e. The average Bonchev–Trinajstić information content (AvgIpc) is 3.10. The van der Waals surface area contributed by atoms with Crippen LogP contribution in [-0.2, 0) is 17.3 Å². The molecule has 1 atom stereocenters. The van der Waals surface area contributed by atoms with E-state index in [1.165, 1.54) is 19.1 Å².